The third-order valence-electron chi connectivity index (χ3n) is 8.82. The molecule has 0 aromatic carbocycles. The minimum Gasteiger partial charge on any atom is -0.396 e. The van der Waals surface area contributed by atoms with E-state index in [0.29, 0.717) is 12.5 Å². The summed E-state index contributed by atoms with van der Waals surface area (Å²) >= 11 is 0. The van der Waals surface area contributed by atoms with E-state index in [4.69, 9.17) is 0 Å². The van der Waals surface area contributed by atoms with Crippen molar-refractivity contribution >= 4 is 0 Å². The molecule has 1 heteroatoms. The molecule has 0 rings (SSSR count). The van der Waals surface area contributed by atoms with Gasteiger partial charge in [0.2, 0.25) is 0 Å². The number of hydrogen-bond acceptors (Lipinski definition) is 1. The Balaban J connectivity index is 4.16. The maximum Gasteiger partial charge on any atom is 0.0459 e. The summed E-state index contributed by atoms with van der Waals surface area (Å²) in [6, 6.07) is 0. The van der Waals surface area contributed by atoms with E-state index in [-0.39, 0.29) is 0 Å². The summed E-state index contributed by atoms with van der Waals surface area (Å²) in [5, 5.41) is 10.1. The van der Waals surface area contributed by atoms with Crippen molar-refractivity contribution in [1.82, 2.24) is 0 Å². The van der Waals surface area contributed by atoms with Crippen LogP contribution in [0.2, 0.25) is 0 Å². The standard InChI is InChI=1S/C36H74O/c1-4-7-10-13-16-19-20-23-25-28-31-35(30-27-24-21-17-14-11-8-5-2)33-36(34-37)32-29-26-22-18-15-12-9-6-3/h35-37H,4-34H2,1-3H3. The van der Waals surface area contributed by atoms with Crippen LogP contribution in [0.4, 0.5) is 0 Å². The van der Waals surface area contributed by atoms with Crippen molar-refractivity contribution in [3.05, 3.63) is 0 Å². The fraction of sp³-hybridized carbons (Fsp3) is 1.00. The number of rotatable bonds is 32. The van der Waals surface area contributed by atoms with Crippen LogP contribution in [0.25, 0.3) is 0 Å². The van der Waals surface area contributed by atoms with E-state index in [1.54, 1.807) is 0 Å². The van der Waals surface area contributed by atoms with Gasteiger partial charge in [-0.15, -0.1) is 0 Å². The Morgan fingerprint density at radius 2 is 0.568 bits per heavy atom. The number of unbranched alkanes of at least 4 members (excludes halogenated alkanes) is 23. The van der Waals surface area contributed by atoms with Crippen molar-refractivity contribution in [2.24, 2.45) is 11.8 Å². The van der Waals surface area contributed by atoms with E-state index in [2.05, 4.69) is 20.8 Å². The lowest BCUT2D eigenvalue weighted by molar-refractivity contribution is 0.181. The lowest BCUT2D eigenvalue weighted by Gasteiger charge is -2.23. The van der Waals surface area contributed by atoms with Gasteiger partial charge < -0.3 is 5.11 Å². The van der Waals surface area contributed by atoms with E-state index in [1.807, 2.05) is 0 Å². The summed E-state index contributed by atoms with van der Waals surface area (Å²) in [6.45, 7) is 7.33. The van der Waals surface area contributed by atoms with Gasteiger partial charge in [0.05, 0.1) is 0 Å². The molecule has 0 amide bonds. The molecule has 0 spiro atoms. The maximum absolute atomic E-state index is 10.1. The number of hydrogen-bond donors (Lipinski definition) is 1. The van der Waals surface area contributed by atoms with Crippen LogP contribution in [0.5, 0.6) is 0 Å². The molecule has 1 nitrogen and oxygen atoms in total. The monoisotopic (exact) mass is 523 g/mol. The van der Waals surface area contributed by atoms with Crippen LogP contribution in [0, 0.1) is 11.8 Å². The summed E-state index contributed by atoms with van der Waals surface area (Å²) in [5.74, 6) is 1.42. The molecule has 0 aromatic heterocycles. The summed E-state index contributed by atoms with van der Waals surface area (Å²) in [4.78, 5) is 0. The average Bonchev–Trinajstić information content (AvgIpc) is 2.91. The molecule has 0 radical (unpaired) electrons. The molecule has 224 valence electrons. The highest BCUT2D eigenvalue weighted by Gasteiger charge is 2.16. The van der Waals surface area contributed by atoms with Gasteiger partial charge in [0, 0.05) is 6.61 Å². The minimum atomic E-state index is 0.419. The third kappa shape index (κ3) is 28.8. The van der Waals surface area contributed by atoms with Crippen LogP contribution in [0.1, 0.15) is 213 Å². The molecule has 0 aliphatic heterocycles. The zero-order valence-corrected chi connectivity index (χ0v) is 26.5. The van der Waals surface area contributed by atoms with Gasteiger partial charge in [0.1, 0.15) is 0 Å². The van der Waals surface area contributed by atoms with Gasteiger partial charge in [-0.3, -0.25) is 0 Å². The molecule has 37 heavy (non-hydrogen) atoms. The molecule has 0 saturated carbocycles. The van der Waals surface area contributed by atoms with Gasteiger partial charge >= 0.3 is 0 Å². The zero-order chi connectivity index (χ0) is 27.1. The van der Waals surface area contributed by atoms with E-state index in [1.165, 1.54) is 193 Å². The molecular weight excluding hydrogens is 448 g/mol. The summed E-state index contributed by atoms with van der Waals surface area (Å²) in [7, 11) is 0. The van der Waals surface area contributed by atoms with Crippen molar-refractivity contribution in [2.45, 2.75) is 213 Å². The first-order chi connectivity index (χ1) is 18.3. The second kappa shape index (κ2) is 32.2. The zero-order valence-electron chi connectivity index (χ0n) is 26.5. The van der Waals surface area contributed by atoms with Crippen molar-refractivity contribution in [3.63, 3.8) is 0 Å². The smallest absolute Gasteiger partial charge is 0.0459 e. The largest absolute Gasteiger partial charge is 0.396 e. The fourth-order valence-electron chi connectivity index (χ4n) is 6.19. The van der Waals surface area contributed by atoms with Crippen LogP contribution < -0.4 is 0 Å². The topological polar surface area (TPSA) is 20.2 Å². The van der Waals surface area contributed by atoms with Crippen molar-refractivity contribution in [1.29, 1.82) is 0 Å². The summed E-state index contributed by atoms with van der Waals surface area (Å²) in [6.07, 6.45) is 42.3. The predicted octanol–water partition coefficient (Wildman–Crippen LogP) is 13.0. The lowest BCUT2D eigenvalue weighted by Crippen LogP contribution is -2.13. The molecule has 0 aliphatic rings. The van der Waals surface area contributed by atoms with Gasteiger partial charge in [-0.2, -0.15) is 0 Å². The maximum atomic E-state index is 10.1. The predicted molar refractivity (Wildman–Crippen MR) is 170 cm³/mol. The highest BCUT2D eigenvalue weighted by molar-refractivity contribution is 4.68. The van der Waals surface area contributed by atoms with Crippen LogP contribution in [-0.2, 0) is 0 Å². The molecule has 0 aromatic rings. The van der Waals surface area contributed by atoms with Crippen molar-refractivity contribution in [2.75, 3.05) is 6.61 Å². The summed E-state index contributed by atoms with van der Waals surface area (Å²) < 4.78 is 0. The van der Waals surface area contributed by atoms with Crippen molar-refractivity contribution < 1.29 is 5.11 Å². The average molecular weight is 523 g/mol. The van der Waals surface area contributed by atoms with Crippen LogP contribution in [0.3, 0.4) is 0 Å². The lowest BCUT2D eigenvalue weighted by atomic mass is 9.84. The second-order valence-corrected chi connectivity index (χ2v) is 12.6. The van der Waals surface area contributed by atoms with Gasteiger partial charge in [-0.1, -0.05) is 201 Å². The first-order valence-corrected chi connectivity index (χ1v) is 17.9. The van der Waals surface area contributed by atoms with Crippen molar-refractivity contribution in [3.8, 4) is 0 Å². The highest BCUT2D eigenvalue weighted by Crippen LogP contribution is 2.28. The summed E-state index contributed by atoms with van der Waals surface area (Å²) in [5.41, 5.74) is 0. The van der Waals surface area contributed by atoms with Gasteiger partial charge in [-0.05, 0) is 24.7 Å². The minimum absolute atomic E-state index is 0.419. The first kappa shape index (κ1) is 37.0. The molecule has 2 atom stereocenters. The molecule has 2 unspecified atom stereocenters. The van der Waals surface area contributed by atoms with Crippen LogP contribution in [-0.4, -0.2) is 11.7 Å². The Hall–Kier alpha value is -0.0400. The Bertz CT molecular complexity index is 392. The molecule has 0 heterocycles. The van der Waals surface area contributed by atoms with Gasteiger partial charge in [-0.25, -0.2) is 0 Å². The highest BCUT2D eigenvalue weighted by atomic mass is 16.3. The van der Waals surface area contributed by atoms with E-state index >= 15 is 0 Å². The first-order valence-electron chi connectivity index (χ1n) is 17.9. The second-order valence-electron chi connectivity index (χ2n) is 12.6. The van der Waals surface area contributed by atoms with Gasteiger partial charge in [0.15, 0.2) is 0 Å². The molecular formula is C36H74O. The van der Waals surface area contributed by atoms with Crippen LogP contribution >= 0.6 is 0 Å². The van der Waals surface area contributed by atoms with E-state index in [0.717, 1.165) is 5.92 Å². The molecule has 0 bridgehead atoms. The van der Waals surface area contributed by atoms with E-state index < -0.39 is 0 Å². The quantitative estimate of drug-likeness (QED) is 0.0871. The molecule has 0 saturated heterocycles. The molecule has 1 N–H and O–H groups in total. The van der Waals surface area contributed by atoms with Gasteiger partial charge in [0.25, 0.3) is 0 Å². The molecule has 0 fully saturated rings. The fourth-order valence-corrected chi connectivity index (χ4v) is 6.19. The normalized spacial score (nSPS) is 13.3. The number of aliphatic hydroxyl groups excluding tert-OH is 1. The number of aliphatic hydroxyl groups is 1. The Morgan fingerprint density at radius 3 is 0.838 bits per heavy atom. The Labute approximate surface area is 236 Å². The Morgan fingerprint density at radius 1 is 0.324 bits per heavy atom. The third-order valence-corrected chi connectivity index (χ3v) is 8.82. The Kier molecular flexibility index (Phi) is 32.1. The van der Waals surface area contributed by atoms with E-state index in [9.17, 15) is 5.11 Å². The van der Waals surface area contributed by atoms with Crippen LogP contribution in [0.15, 0.2) is 0 Å². The molecule has 0 aliphatic carbocycles. The SMILES string of the molecule is CCCCCCCCCCCCC(CCCCCCCCCC)CC(CO)CCCCCCCCCC.